The molecule has 0 unspecified atom stereocenters. The van der Waals surface area contributed by atoms with Crippen molar-refractivity contribution in [2.24, 2.45) is 0 Å². The van der Waals surface area contributed by atoms with Gasteiger partial charge >= 0.3 is 0 Å². The molecule has 0 saturated heterocycles. The average molecular weight is 411 g/mol. The number of carbonyl (C=O) groups is 2. The van der Waals surface area contributed by atoms with Crippen LogP contribution in [0.4, 0.5) is 10.1 Å². The van der Waals surface area contributed by atoms with E-state index in [-0.39, 0.29) is 17.5 Å². The molecule has 1 aliphatic carbocycles. The number of hydrogen-bond donors (Lipinski definition) is 2. The van der Waals surface area contributed by atoms with Gasteiger partial charge in [0.05, 0.1) is 0 Å². The van der Waals surface area contributed by atoms with Gasteiger partial charge in [-0.25, -0.2) is 4.39 Å². The van der Waals surface area contributed by atoms with Gasteiger partial charge in [-0.2, -0.15) is 0 Å². The van der Waals surface area contributed by atoms with Crippen molar-refractivity contribution in [2.75, 3.05) is 5.32 Å². The van der Waals surface area contributed by atoms with Gasteiger partial charge < -0.3 is 10.6 Å². The summed E-state index contributed by atoms with van der Waals surface area (Å²) in [6.07, 6.45) is 2.02. The molecule has 1 atom stereocenters. The molecule has 1 heterocycles. The number of ketones is 1. The summed E-state index contributed by atoms with van der Waals surface area (Å²) >= 11 is 6.22. The predicted molar refractivity (Wildman–Crippen MR) is 111 cm³/mol. The van der Waals surface area contributed by atoms with Crippen LogP contribution in [0.1, 0.15) is 37.7 Å². The van der Waals surface area contributed by atoms with E-state index in [0.717, 1.165) is 24.1 Å². The van der Waals surface area contributed by atoms with Gasteiger partial charge in [-0.1, -0.05) is 23.7 Å². The Kier molecular flexibility index (Phi) is 5.24. The second kappa shape index (κ2) is 7.84. The van der Waals surface area contributed by atoms with Crippen LogP contribution in [0.25, 0.3) is 0 Å². The van der Waals surface area contributed by atoms with E-state index in [0.29, 0.717) is 34.0 Å². The van der Waals surface area contributed by atoms with Gasteiger partial charge in [0.1, 0.15) is 5.82 Å². The quantitative estimate of drug-likeness (QED) is 0.741. The molecule has 2 aliphatic rings. The van der Waals surface area contributed by atoms with Gasteiger partial charge in [-0.15, -0.1) is 0 Å². The minimum absolute atomic E-state index is 0.0447. The number of nitrogens with one attached hydrogen (secondary N) is 2. The van der Waals surface area contributed by atoms with Gasteiger partial charge in [0.25, 0.3) is 5.91 Å². The second-order valence-corrected chi connectivity index (χ2v) is 7.72. The minimum atomic E-state index is -0.502. The lowest BCUT2D eigenvalue weighted by Gasteiger charge is -2.34. The summed E-state index contributed by atoms with van der Waals surface area (Å²) in [6.45, 7) is 1.83. The lowest BCUT2D eigenvalue weighted by Crippen LogP contribution is -2.35. The van der Waals surface area contributed by atoms with Gasteiger partial charge in [-0.3, -0.25) is 9.59 Å². The van der Waals surface area contributed by atoms with Crippen LogP contribution < -0.4 is 10.6 Å². The Morgan fingerprint density at radius 2 is 1.93 bits per heavy atom. The summed E-state index contributed by atoms with van der Waals surface area (Å²) < 4.78 is 13.2. The highest BCUT2D eigenvalue weighted by Crippen LogP contribution is 2.42. The maximum absolute atomic E-state index is 13.2. The zero-order valence-corrected chi connectivity index (χ0v) is 16.6. The molecular formula is C23H20ClFN2O2. The van der Waals surface area contributed by atoms with E-state index in [1.807, 2.05) is 19.1 Å². The van der Waals surface area contributed by atoms with E-state index in [2.05, 4.69) is 10.6 Å². The van der Waals surface area contributed by atoms with E-state index < -0.39 is 5.92 Å². The fourth-order valence-corrected chi connectivity index (χ4v) is 4.23. The summed E-state index contributed by atoms with van der Waals surface area (Å²) in [5, 5.41) is 6.64. The van der Waals surface area contributed by atoms with E-state index in [1.54, 1.807) is 12.1 Å². The molecule has 0 spiro atoms. The van der Waals surface area contributed by atoms with E-state index in [4.69, 9.17) is 11.6 Å². The van der Waals surface area contributed by atoms with Crippen molar-refractivity contribution in [3.63, 3.8) is 0 Å². The number of anilines is 1. The van der Waals surface area contributed by atoms with Gasteiger partial charge in [0, 0.05) is 45.6 Å². The molecule has 4 rings (SSSR count). The molecule has 0 radical (unpaired) electrons. The fourth-order valence-electron chi connectivity index (χ4n) is 4.04. The van der Waals surface area contributed by atoms with E-state index in [1.165, 1.54) is 24.3 Å². The molecule has 2 aromatic carbocycles. The number of benzene rings is 2. The molecule has 4 nitrogen and oxygen atoms in total. The molecule has 0 aromatic heterocycles. The van der Waals surface area contributed by atoms with Gasteiger partial charge in [-0.05, 0) is 61.7 Å². The topological polar surface area (TPSA) is 58.2 Å². The smallest absolute Gasteiger partial charge is 0.254 e. The first-order chi connectivity index (χ1) is 13.9. The zero-order valence-electron chi connectivity index (χ0n) is 15.9. The summed E-state index contributed by atoms with van der Waals surface area (Å²) in [5.41, 5.74) is 3.95. The Labute approximate surface area is 173 Å². The Morgan fingerprint density at radius 1 is 1.17 bits per heavy atom. The Morgan fingerprint density at radius 3 is 2.66 bits per heavy atom. The van der Waals surface area contributed by atoms with Crippen LogP contribution in [0, 0.1) is 5.82 Å². The van der Waals surface area contributed by atoms with Crippen LogP contribution in [0.3, 0.4) is 0 Å². The molecule has 6 heteroatoms. The molecule has 0 saturated carbocycles. The Hall–Kier alpha value is -2.92. The number of dihydropyridines is 1. The first-order valence-corrected chi connectivity index (χ1v) is 9.88. The lowest BCUT2D eigenvalue weighted by atomic mass is 9.75. The molecule has 1 amide bonds. The van der Waals surface area contributed by atoms with Gasteiger partial charge in [0.15, 0.2) is 5.78 Å². The predicted octanol–water partition coefficient (Wildman–Crippen LogP) is 5.09. The average Bonchev–Trinajstić information content (AvgIpc) is 2.69. The zero-order chi connectivity index (χ0) is 20.5. The molecule has 0 bridgehead atoms. The highest BCUT2D eigenvalue weighted by atomic mass is 35.5. The number of halogens is 2. The van der Waals surface area contributed by atoms with Crippen molar-refractivity contribution in [1.29, 1.82) is 0 Å². The van der Waals surface area contributed by atoms with Crippen molar-refractivity contribution in [3.05, 3.63) is 87.5 Å². The maximum atomic E-state index is 13.2. The third-order valence-electron chi connectivity index (χ3n) is 5.30. The van der Waals surface area contributed by atoms with E-state index >= 15 is 0 Å². The van der Waals surface area contributed by atoms with Crippen LogP contribution in [0.5, 0.6) is 0 Å². The number of carbonyl (C=O) groups excluding carboxylic acids is 2. The minimum Gasteiger partial charge on any atom is -0.362 e. The van der Waals surface area contributed by atoms with Crippen LogP contribution in [-0.4, -0.2) is 11.7 Å². The summed E-state index contributed by atoms with van der Waals surface area (Å²) in [6, 6.07) is 12.8. The van der Waals surface area contributed by atoms with Crippen molar-refractivity contribution < 1.29 is 14.0 Å². The molecule has 148 valence electrons. The first kappa shape index (κ1) is 19.4. The molecule has 2 N–H and O–H groups in total. The van der Waals surface area contributed by atoms with Crippen LogP contribution >= 0.6 is 11.6 Å². The van der Waals surface area contributed by atoms with Gasteiger partial charge in [0.2, 0.25) is 0 Å². The SMILES string of the molecule is CC1=C(C(=O)Nc2ccc(F)cc2)[C@@H](c2cccc(Cl)c2)C2=C(CCCC2=O)N1. The highest BCUT2D eigenvalue weighted by molar-refractivity contribution is 6.30. The second-order valence-electron chi connectivity index (χ2n) is 7.28. The number of hydrogen-bond acceptors (Lipinski definition) is 3. The summed E-state index contributed by atoms with van der Waals surface area (Å²) in [5.74, 6) is -1.17. The Balaban J connectivity index is 1.78. The lowest BCUT2D eigenvalue weighted by molar-refractivity contribution is -0.116. The van der Waals surface area contributed by atoms with Crippen LogP contribution in [0.15, 0.2) is 71.1 Å². The van der Waals surface area contributed by atoms with Crippen molar-refractivity contribution >= 4 is 29.0 Å². The maximum Gasteiger partial charge on any atom is 0.254 e. The summed E-state index contributed by atoms with van der Waals surface area (Å²) in [4.78, 5) is 26.1. The monoisotopic (exact) mass is 410 g/mol. The van der Waals surface area contributed by atoms with Crippen LogP contribution in [0.2, 0.25) is 5.02 Å². The van der Waals surface area contributed by atoms with Crippen molar-refractivity contribution in [3.8, 4) is 0 Å². The largest absolute Gasteiger partial charge is 0.362 e. The highest BCUT2D eigenvalue weighted by Gasteiger charge is 2.38. The van der Waals surface area contributed by atoms with Crippen molar-refractivity contribution in [2.45, 2.75) is 32.1 Å². The normalized spacial score (nSPS) is 19.0. The van der Waals surface area contributed by atoms with Crippen molar-refractivity contribution in [1.82, 2.24) is 5.32 Å². The number of Topliss-reactive ketones (excluding diaryl/α,β-unsaturated/α-hetero) is 1. The Bertz CT molecular complexity index is 1060. The molecule has 0 fully saturated rings. The molecular weight excluding hydrogens is 391 g/mol. The fraction of sp³-hybridized carbons (Fsp3) is 0.217. The van der Waals surface area contributed by atoms with E-state index in [9.17, 15) is 14.0 Å². The number of amides is 1. The standard InChI is InChI=1S/C23H20ClFN2O2/c1-13-20(23(29)27-17-10-8-16(25)9-11-17)21(14-4-2-5-15(24)12-14)22-18(26-13)6-3-7-19(22)28/h2,4-5,8-12,21,26H,3,6-7H2,1H3,(H,27,29)/t21-/m1/s1. The summed E-state index contributed by atoms with van der Waals surface area (Å²) in [7, 11) is 0. The molecule has 2 aromatic rings. The first-order valence-electron chi connectivity index (χ1n) is 9.50. The molecule has 29 heavy (non-hydrogen) atoms. The number of allylic oxidation sites excluding steroid dienone is 3. The number of rotatable bonds is 3. The third kappa shape index (κ3) is 3.83. The molecule has 1 aliphatic heterocycles. The third-order valence-corrected chi connectivity index (χ3v) is 5.54. The van der Waals surface area contributed by atoms with Crippen LogP contribution in [-0.2, 0) is 9.59 Å².